The number of ether oxygens (including phenoxy) is 1. The molecule has 2 unspecified atom stereocenters. The van der Waals surface area contributed by atoms with E-state index >= 15 is 0 Å². The Labute approximate surface area is 124 Å². The number of nitrogens with zero attached hydrogens (tertiary/aromatic N) is 2. The molecule has 2 aliphatic heterocycles. The highest BCUT2D eigenvalue weighted by molar-refractivity contribution is 6.66. The van der Waals surface area contributed by atoms with E-state index in [-0.39, 0.29) is 6.10 Å². The molecule has 0 spiro atoms. The van der Waals surface area contributed by atoms with Crippen LogP contribution in [0.1, 0.15) is 12.8 Å². The predicted octanol–water partition coefficient (Wildman–Crippen LogP) is 1.15. The molecule has 2 aliphatic rings. The second-order valence-electron chi connectivity index (χ2n) is 6.36. The predicted molar refractivity (Wildman–Crippen MR) is 82.3 cm³/mol. The molecule has 0 aromatic carbocycles. The first-order chi connectivity index (χ1) is 9.57. The van der Waals surface area contributed by atoms with E-state index in [1.54, 1.807) is 0 Å². The molecular formula is C14H30N2O3Si. The molecule has 118 valence electrons. The molecule has 0 N–H and O–H groups in total. The Kier molecular flexibility index (Phi) is 6.44. The van der Waals surface area contributed by atoms with Crippen molar-refractivity contribution in [1.29, 1.82) is 0 Å². The van der Waals surface area contributed by atoms with Crippen molar-refractivity contribution in [2.45, 2.75) is 31.5 Å². The first-order valence-corrected chi connectivity index (χ1v) is 10.4. The van der Waals surface area contributed by atoms with E-state index in [4.69, 9.17) is 13.6 Å². The normalized spacial score (nSPS) is 33.9. The van der Waals surface area contributed by atoms with Gasteiger partial charge in [0.25, 0.3) is 0 Å². The average molecular weight is 302 g/mol. The molecule has 5 nitrogen and oxygen atoms in total. The number of hydrogen-bond donors (Lipinski definition) is 0. The fraction of sp³-hybridized carbons (Fsp3) is 1.00. The molecule has 2 rings (SSSR count). The number of fused-ring (bicyclic) bond motifs is 2. The van der Waals surface area contributed by atoms with Crippen molar-refractivity contribution >= 4 is 8.56 Å². The maximum atomic E-state index is 6.37. The van der Waals surface area contributed by atoms with Gasteiger partial charge in [-0.25, -0.2) is 0 Å². The summed E-state index contributed by atoms with van der Waals surface area (Å²) >= 11 is 0. The molecule has 2 atom stereocenters. The Bertz CT molecular complexity index is 294. The van der Waals surface area contributed by atoms with Crippen molar-refractivity contribution in [2.24, 2.45) is 0 Å². The third-order valence-corrected chi connectivity index (χ3v) is 6.90. The second-order valence-corrected chi connectivity index (χ2v) is 9.65. The van der Waals surface area contributed by atoms with Crippen molar-refractivity contribution in [3.63, 3.8) is 0 Å². The van der Waals surface area contributed by atoms with Gasteiger partial charge in [0.2, 0.25) is 0 Å². The van der Waals surface area contributed by atoms with Gasteiger partial charge in [0.15, 0.2) is 0 Å². The summed E-state index contributed by atoms with van der Waals surface area (Å²) in [5.74, 6) is 0. The lowest BCUT2D eigenvalue weighted by Crippen LogP contribution is -2.48. The first kappa shape index (κ1) is 16.4. The van der Waals surface area contributed by atoms with Crippen LogP contribution in [0, 0.1) is 0 Å². The summed E-state index contributed by atoms with van der Waals surface area (Å²) in [4.78, 5) is 4.73. The second kappa shape index (κ2) is 7.86. The molecule has 6 heteroatoms. The van der Waals surface area contributed by atoms with Gasteiger partial charge in [0.05, 0.1) is 12.7 Å². The Morgan fingerprint density at radius 1 is 1.25 bits per heavy atom. The van der Waals surface area contributed by atoms with E-state index in [9.17, 15) is 0 Å². The number of hydrogen-bond acceptors (Lipinski definition) is 5. The van der Waals surface area contributed by atoms with Crippen molar-refractivity contribution in [1.82, 2.24) is 9.80 Å². The van der Waals surface area contributed by atoms with Gasteiger partial charge in [0, 0.05) is 39.4 Å². The first-order valence-electron chi connectivity index (χ1n) is 7.84. The molecule has 2 fully saturated rings. The monoisotopic (exact) mass is 302 g/mol. The molecule has 0 saturated carbocycles. The van der Waals surface area contributed by atoms with Crippen LogP contribution in [0.2, 0.25) is 12.6 Å². The Balaban J connectivity index is 1.96. The van der Waals surface area contributed by atoms with Gasteiger partial charge in [0.1, 0.15) is 0 Å². The Hall–Kier alpha value is 0.0169. The minimum atomic E-state index is -1.98. The molecule has 0 aromatic heterocycles. The van der Waals surface area contributed by atoms with Crippen molar-refractivity contribution < 1.29 is 13.6 Å². The van der Waals surface area contributed by atoms with Gasteiger partial charge in [-0.3, -0.25) is 4.90 Å². The van der Waals surface area contributed by atoms with E-state index in [0.717, 1.165) is 58.3 Å². The van der Waals surface area contributed by atoms with Gasteiger partial charge in [-0.1, -0.05) is 0 Å². The fourth-order valence-electron chi connectivity index (χ4n) is 2.85. The van der Waals surface area contributed by atoms with E-state index < -0.39 is 8.56 Å². The lowest BCUT2D eigenvalue weighted by molar-refractivity contribution is 0.00367. The maximum Gasteiger partial charge on any atom is 0.335 e. The molecule has 2 bridgehead atoms. The molecule has 0 aliphatic carbocycles. The minimum Gasteiger partial charge on any atom is -0.394 e. The zero-order chi connectivity index (χ0) is 14.4. The van der Waals surface area contributed by atoms with E-state index in [1.807, 2.05) is 0 Å². The quantitative estimate of drug-likeness (QED) is 0.731. The minimum absolute atomic E-state index is 0.173. The highest BCUT2D eigenvalue weighted by Crippen LogP contribution is 2.22. The third kappa shape index (κ3) is 5.42. The number of rotatable bonds is 3. The smallest absolute Gasteiger partial charge is 0.335 e. The standard InChI is InChI=1S/C14H30N2O3Si/c1-15(2)7-8-16-6-4-10-18-20(3)11-5-9-17-13-14(12-16)19-20/h14H,4-13H2,1-3H3. The van der Waals surface area contributed by atoms with Crippen LogP contribution in [-0.4, -0.2) is 84.6 Å². The summed E-state index contributed by atoms with van der Waals surface area (Å²) in [5, 5.41) is 0. The van der Waals surface area contributed by atoms with E-state index in [0.29, 0.717) is 6.61 Å². The topological polar surface area (TPSA) is 34.2 Å². The van der Waals surface area contributed by atoms with Crippen LogP contribution in [0.15, 0.2) is 0 Å². The Morgan fingerprint density at radius 2 is 2.10 bits per heavy atom. The summed E-state index contributed by atoms with van der Waals surface area (Å²) in [5.41, 5.74) is 0. The number of likely N-dealkylation sites (N-methyl/N-ethyl adjacent to an activating group) is 1. The van der Waals surface area contributed by atoms with Crippen LogP contribution in [0.4, 0.5) is 0 Å². The lowest BCUT2D eigenvalue weighted by Gasteiger charge is -2.34. The van der Waals surface area contributed by atoms with Crippen molar-refractivity contribution in [3.8, 4) is 0 Å². The zero-order valence-electron chi connectivity index (χ0n) is 13.3. The average Bonchev–Trinajstić information content (AvgIpc) is 2.44. The summed E-state index contributed by atoms with van der Waals surface area (Å²) < 4.78 is 18.2. The van der Waals surface area contributed by atoms with Crippen LogP contribution < -0.4 is 0 Å². The summed E-state index contributed by atoms with van der Waals surface area (Å²) in [7, 11) is 2.27. The molecule has 0 amide bonds. The zero-order valence-corrected chi connectivity index (χ0v) is 14.3. The van der Waals surface area contributed by atoms with Crippen LogP contribution in [-0.2, 0) is 13.6 Å². The van der Waals surface area contributed by atoms with E-state index in [1.165, 1.54) is 0 Å². The summed E-state index contributed by atoms with van der Waals surface area (Å²) in [6.45, 7) is 8.87. The van der Waals surface area contributed by atoms with Crippen LogP contribution >= 0.6 is 0 Å². The fourth-order valence-corrected chi connectivity index (χ4v) is 5.39. The highest BCUT2D eigenvalue weighted by Gasteiger charge is 2.36. The molecule has 0 aromatic rings. The van der Waals surface area contributed by atoms with Gasteiger partial charge in [-0.05, 0) is 39.5 Å². The van der Waals surface area contributed by atoms with E-state index in [2.05, 4.69) is 30.4 Å². The highest BCUT2D eigenvalue weighted by atomic mass is 28.4. The van der Waals surface area contributed by atoms with Crippen LogP contribution in [0.3, 0.4) is 0 Å². The molecule has 20 heavy (non-hydrogen) atoms. The lowest BCUT2D eigenvalue weighted by atomic mass is 10.3. The molecule has 2 heterocycles. The van der Waals surface area contributed by atoms with Crippen molar-refractivity contribution in [2.75, 3.05) is 60.1 Å². The summed E-state index contributed by atoms with van der Waals surface area (Å²) in [6.07, 6.45) is 2.35. The van der Waals surface area contributed by atoms with Crippen LogP contribution in [0.5, 0.6) is 0 Å². The van der Waals surface area contributed by atoms with Crippen LogP contribution in [0.25, 0.3) is 0 Å². The van der Waals surface area contributed by atoms with Gasteiger partial charge in [-0.2, -0.15) is 0 Å². The van der Waals surface area contributed by atoms with Gasteiger partial charge >= 0.3 is 8.56 Å². The van der Waals surface area contributed by atoms with Gasteiger partial charge in [-0.15, -0.1) is 0 Å². The molecule has 2 saturated heterocycles. The molecular weight excluding hydrogens is 272 g/mol. The van der Waals surface area contributed by atoms with Gasteiger partial charge < -0.3 is 18.5 Å². The SMILES string of the molecule is CN(C)CCN1CCCO[Si]2(C)CCCOCC(C1)O2. The third-order valence-electron chi connectivity index (χ3n) is 3.99. The summed E-state index contributed by atoms with van der Waals surface area (Å²) in [6, 6.07) is 1.06. The van der Waals surface area contributed by atoms with Crippen molar-refractivity contribution in [3.05, 3.63) is 0 Å². The largest absolute Gasteiger partial charge is 0.394 e. The molecule has 0 radical (unpaired) electrons. The maximum absolute atomic E-state index is 6.37. The Morgan fingerprint density at radius 3 is 2.90 bits per heavy atom.